The fourth-order valence-electron chi connectivity index (χ4n) is 3.37. The molecule has 1 fully saturated rings. The van der Waals surface area contributed by atoms with E-state index >= 15 is 0 Å². The van der Waals surface area contributed by atoms with Gasteiger partial charge < -0.3 is 14.4 Å². The van der Waals surface area contributed by atoms with Gasteiger partial charge in [0.05, 0.1) is 13.2 Å². The van der Waals surface area contributed by atoms with Gasteiger partial charge in [0, 0.05) is 38.3 Å². The van der Waals surface area contributed by atoms with Gasteiger partial charge in [-0.1, -0.05) is 6.92 Å². The third-order valence-electron chi connectivity index (χ3n) is 4.71. The Morgan fingerprint density at radius 1 is 1.00 bits per heavy atom. The van der Waals surface area contributed by atoms with E-state index in [0.29, 0.717) is 37.7 Å². The van der Waals surface area contributed by atoms with E-state index in [4.69, 9.17) is 9.47 Å². The van der Waals surface area contributed by atoms with Gasteiger partial charge in [0.1, 0.15) is 28.4 Å². The second kappa shape index (κ2) is 9.51. The number of nitrogens with zero attached hydrogens (tertiary/aromatic N) is 6. The molecule has 0 saturated carbocycles. The normalized spacial score (nSPS) is 16.1. The summed E-state index contributed by atoms with van der Waals surface area (Å²) in [7, 11) is -3.74. The Balaban J connectivity index is 1.99. The fraction of sp³-hybridized carbons (Fsp3) is 0.611. The monoisotopic (exact) mass is 424 g/mol. The van der Waals surface area contributed by atoms with Crippen LogP contribution in [-0.2, 0) is 10.0 Å². The Labute approximate surface area is 171 Å². The minimum absolute atomic E-state index is 0.101. The first kappa shape index (κ1) is 21.5. The molecule has 160 valence electrons. The Kier molecular flexibility index (Phi) is 7.04. The molecule has 3 rings (SSSR count). The lowest BCUT2D eigenvalue weighted by Crippen LogP contribution is -2.48. The van der Waals surface area contributed by atoms with Gasteiger partial charge in [-0.15, -0.1) is 5.10 Å². The zero-order valence-corrected chi connectivity index (χ0v) is 17.9. The summed E-state index contributed by atoms with van der Waals surface area (Å²) in [6.07, 6.45) is 2.48. The van der Waals surface area contributed by atoms with Crippen molar-refractivity contribution in [1.29, 1.82) is 0 Å². The summed E-state index contributed by atoms with van der Waals surface area (Å²) in [6, 6.07) is 3.13. The third kappa shape index (κ3) is 4.68. The highest BCUT2D eigenvalue weighted by Gasteiger charge is 2.32. The zero-order chi connectivity index (χ0) is 20.9. The number of hydrogen-bond donors (Lipinski definition) is 0. The van der Waals surface area contributed by atoms with Crippen LogP contribution < -0.4 is 9.47 Å². The largest absolute Gasteiger partial charge is 0.492 e. The van der Waals surface area contributed by atoms with Crippen molar-refractivity contribution in [3.63, 3.8) is 0 Å². The summed E-state index contributed by atoms with van der Waals surface area (Å²) in [4.78, 5) is 2.38. The maximum Gasteiger partial charge on any atom is 0.246 e. The number of sulfonamides is 1. The van der Waals surface area contributed by atoms with Crippen LogP contribution in [0.4, 0.5) is 0 Å². The molecule has 2 heterocycles. The molecule has 10 nitrogen and oxygen atoms in total. The lowest BCUT2D eigenvalue weighted by atomic mass is 10.2. The highest BCUT2D eigenvalue weighted by Crippen LogP contribution is 2.36. The van der Waals surface area contributed by atoms with E-state index in [2.05, 4.69) is 27.3 Å². The van der Waals surface area contributed by atoms with E-state index in [1.54, 1.807) is 6.07 Å². The van der Waals surface area contributed by atoms with E-state index in [9.17, 15) is 8.42 Å². The highest BCUT2D eigenvalue weighted by molar-refractivity contribution is 7.89. The van der Waals surface area contributed by atoms with Gasteiger partial charge in [-0.05, 0) is 37.2 Å². The van der Waals surface area contributed by atoms with E-state index in [1.165, 1.54) is 21.4 Å². The number of aromatic nitrogens is 4. The van der Waals surface area contributed by atoms with Crippen molar-refractivity contribution >= 4 is 10.0 Å². The Morgan fingerprint density at radius 3 is 2.28 bits per heavy atom. The molecular formula is C18H28N6O4S. The van der Waals surface area contributed by atoms with Crippen LogP contribution >= 0.6 is 0 Å². The number of tetrazole rings is 1. The van der Waals surface area contributed by atoms with Crippen LogP contribution in [-0.4, -0.2) is 83.8 Å². The first-order valence-electron chi connectivity index (χ1n) is 9.90. The summed E-state index contributed by atoms with van der Waals surface area (Å²) in [6.45, 7) is 9.80. The van der Waals surface area contributed by atoms with Gasteiger partial charge in [-0.3, -0.25) is 0 Å². The average molecular weight is 425 g/mol. The van der Waals surface area contributed by atoms with Crippen molar-refractivity contribution < 1.29 is 17.9 Å². The number of benzene rings is 1. The van der Waals surface area contributed by atoms with Crippen molar-refractivity contribution in [2.75, 3.05) is 45.9 Å². The second-order valence-corrected chi connectivity index (χ2v) is 8.54. The maximum absolute atomic E-state index is 13.4. The Morgan fingerprint density at radius 2 is 1.69 bits per heavy atom. The van der Waals surface area contributed by atoms with Gasteiger partial charge in [0.15, 0.2) is 0 Å². The van der Waals surface area contributed by atoms with E-state index in [1.807, 2.05) is 13.8 Å². The molecule has 1 aliphatic heterocycles. The molecule has 0 N–H and O–H groups in total. The molecule has 2 aromatic rings. The summed E-state index contributed by atoms with van der Waals surface area (Å²) >= 11 is 0. The lowest BCUT2D eigenvalue weighted by Gasteiger charge is -2.34. The van der Waals surface area contributed by atoms with E-state index in [0.717, 1.165) is 26.1 Å². The topological polar surface area (TPSA) is 103 Å². The molecule has 0 spiro atoms. The summed E-state index contributed by atoms with van der Waals surface area (Å²) < 4.78 is 41.2. The van der Waals surface area contributed by atoms with E-state index < -0.39 is 10.0 Å². The third-order valence-corrected chi connectivity index (χ3v) is 6.63. The Hall–Kier alpha value is -2.24. The van der Waals surface area contributed by atoms with E-state index in [-0.39, 0.29) is 10.6 Å². The highest BCUT2D eigenvalue weighted by atomic mass is 32.2. The molecule has 1 saturated heterocycles. The molecule has 0 unspecified atom stereocenters. The zero-order valence-electron chi connectivity index (χ0n) is 17.1. The van der Waals surface area contributed by atoms with Crippen LogP contribution in [0.2, 0.25) is 0 Å². The second-order valence-electron chi connectivity index (χ2n) is 6.63. The van der Waals surface area contributed by atoms with Gasteiger partial charge in [-0.2, -0.15) is 8.99 Å². The first-order valence-corrected chi connectivity index (χ1v) is 11.3. The van der Waals surface area contributed by atoms with Gasteiger partial charge in [0.25, 0.3) is 0 Å². The van der Waals surface area contributed by atoms with Crippen LogP contribution in [0.3, 0.4) is 0 Å². The van der Waals surface area contributed by atoms with Crippen LogP contribution in [0.15, 0.2) is 23.4 Å². The predicted octanol–water partition coefficient (Wildman–Crippen LogP) is 1.18. The molecule has 29 heavy (non-hydrogen) atoms. The molecule has 0 amide bonds. The van der Waals surface area contributed by atoms with Gasteiger partial charge in [0.2, 0.25) is 10.0 Å². The number of hydrogen-bond acceptors (Lipinski definition) is 8. The smallest absolute Gasteiger partial charge is 0.246 e. The van der Waals surface area contributed by atoms with Crippen molar-refractivity contribution in [1.82, 2.24) is 29.4 Å². The summed E-state index contributed by atoms with van der Waals surface area (Å²) in [5, 5.41) is 11.2. The molecule has 0 bridgehead atoms. The van der Waals surface area contributed by atoms with Crippen LogP contribution in [0.25, 0.3) is 5.69 Å². The average Bonchev–Trinajstić information content (AvgIpc) is 3.24. The summed E-state index contributed by atoms with van der Waals surface area (Å²) in [5.74, 6) is 0.642. The molecule has 1 aliphatic rings. The van der Waals surface area contributed by atoms with Crippen molar-refractivity contribution in [3.05, 3.63) is 18.5 Å². The number of rotatable bonds is 9. The van der Waals surface area contributed by atoms with Crippen LogP contribution in [0, 0.1) is 0 Å². The molecule has 0 aliphatic carbocycles. The molecule has 0 radical (unpaired) electrons. The lowest BCUT2D eigenvalue weighted by molar-refractivity contribution is 0.188. The summed E-state index contributed by atoms with van der Waals surface area (Å²) in [5.41, 5.74) is 0.520. The molecule has 1 aromatic carbocycles. The van der Waals surface area contributed by atoms with Crippen LogP contribution in [0.1, 0.15) is 27.2 Å². The Bertz CT molecular complexity index is 895. The molecular weight excluding hydrogens is 396 g/mol. The number of ether oxygens (including phenoxy) is 2. The van der Waals surface area contributed by atoms with Gasteiger partial charge >= 0.3 is 0 Å². The fourth-order valence-corrected chi connectivity index (χ4v) is 4.92. The SMILES string of the molecule is CCCN1CCN(S(=O)(=O)c2cc(OCC)c(-n3cnnn3)cc2OCC)CC1. The quantitative estimate of drug-likeness (QED) is 0.591. The molecule has 11 heteroatoms. The van der Waals surface area contributed by atoms with Crippen LogP contribution in [0.5, 0.6) is 11.5 Å². The molecule has 0 atom stereocenters. The number of piperazine rings is 1. The molecule has 1 aromatic heterocycles. The van der Waals surface area contributed by atoms with Crippen molar-refractivity contribution in [2.24, 2.45) is 0 Å². The minimum atomic E-state index is -3.74. The van der Waals surface area contributed by atoms with Crippen molar-refractivity contribution in [2.45, 2.75) is 32.1 Å². The minimum Gasteiger partial charge on any atom is -0.492 e. The standard InChI is InChI=1S/C18H28N6O4S/c1-4-7-22-8-10-23(11-9-22)29(25,26)18-13-16(27-5-2)15(12-17(18)28-6-3)24-14-19-20-21-24/h12-14H,4-11H2,1-3H3. The first-order chi connectivity index (χ1) is 14.0. The maximum atomic E-state index is 13.4. The van der Waals surface area contributed by atoms with Crippen molar-refractivity contribution in [3.8, 4) is 17.2 Å². The predicted molar refractivity (Wildman–Crippen MR) is 107 cm³/mol. The van der Waals surface area contributed by atoms with Gasteiger partial charge in [-0.25, -0.2) is 8.42 Å².